The molecule has 2 rings (SSSR count). The van der Waals surface area contributed by atoms with E-state index in [1.807, 2.05) is 55.5 Å². The Hall–Kier alpha value is -3.21. The Morgan fingerprint density at radius 3 is 2.67 bits per heavy atom. The molecule has 1 aromatic carbocycles. The molecule has 0 fully saturated rings. The predicted octanol–water partition coefficient (Wildman–Crippen LogP) is 4.31. The van der Waals surface area contributed by atoms with Crippen LogP contribution in [-0.2, 0) is 0 Å². The summed E-state index contributed by atoms with van der Waals surface area (Å²) in [5.41, 5.74) is 10.9. The number of benzene rings is 1. The van der Waals surface area contributed by atoms with Crippen molar-refractivity contribution in [2.75, 3.05) is 26.9 Å². The standard InChI is InChI=1S/C22H27N5/c1-6-9-19(13-24-3)20-14-25-22(26-21(20)23)18-11-8-10-17(12-18)16(7-2)15-27(4)5/h7-15H,2,6H2,1,3-5H3,(H2,23,25,26)/b16-15+,19-9+,24-13?. The smallest absolute Gasteiger partial charge is 0.161 e. The molecule has 1 aromatic heterocycles. The second-order valence-electron chi connectivity index (χ2n) is 6.28. The molecule has 2 aromatic rings. The van der Waals surface area contributed by atoms with E-state index in [-0.39, 0.29) is 0 Å². The van der Waals surface area contributed by atoms with Gasteiger partial charge in [-0.2, -0.15) is 0 Å². The molecule has 0 unspecified atom stereocenters. The van der Waals surface area contributed by atoms with E-state index in [9.17, 15) is 0 Å². The topological polar surface area (TPSA) is 67.4 Å². The van der Waals surface area contributed by atoms with Crippen LogP contribution >= 0.6 is 0 Å². The van der Waals surface area contributed by atoms with Crippen molar-refractivity contribution in [3.05, 3.63) is 66.5 Å². The molecule has 0 saturated carbocycles. The molecule has 0 saturated heterocycles. The summed E-state index contributed by atoms with van der Waals surface area (Å²) < 4.78 is 0. The number of allylic oxidation sites excluding steroid dienone is 4. The second kappa shape index (κ2) is 9.48. The van der Waals surface area contributed by atoms with E-state index in [2.05, 4.69) is 34.5 Å². The molecular weight excluding hydrogens is 334 g/mol. The van der Waals surface area contributed by atoms with E-state index in [1.54, 1.807) is 19.5 Å². The lowest BCUT2D eigenvalue weighted by Gasteiger charge is -2.11. The lowest BCUT2D eigenvalue weighted by Crippen LogP contribution is -2.03. The maximum Gasteiger partial charge on any atom is 0.161 e. The summed E-state index contributed by atoms with van der Waals surface area (Å²) in [6.45, 7) is 5.98. The first kappa shape index (κ1) is 20.1. The van der Waals surface area contributed by atoms with Gasteiger partial charge in [-0.25, -0.2) is 9.97 Å². The summed E-state index contributed by atoms with van der Waals surface area (Å²) in [6, 6.07) is 8.04. The first-order valence-electron chi connectivity index (χ1n) is 8.86. The number of aromatic nitrogens is 2. The Morgan fingerprint density at radius 1 is 1.30 bits per heavy atom. The highest BCUT2D eigenvalue weighted by atomic mass is 15.0. The number of anilines is 1. The van der Waals surface area contributed by atoms with Crippen molar-refractivity contribution in [1.82, 2.24) is 14.9 Å². The van der Waals surface area contributed by atoms with Crippen LogP contribution in [0.3, 0.4) is 0 Å². The maximum absolute atomic E-state index is 6.22. The van der Waals surface area contributed by atoms with Gasteiger partial charge in [0.1, 0.15) is 5.82 Å². The van der Waals surface area contributed by atoms with E-state index < -0.39 is 0 Å². The third kappa shape index (κ3) is 5.14. The van der Waals surface area contributed by atoms with Crippen molar-refractivity contribution in [2.45, 2.75) is 13.3 Å². The largest absolute Gasteiger partial charge is 0.383 e. The van der Waals surface area contributed by atoms with Crippen LogP contribution in [0.15, 0.2) is 60.4 Å². The molecule has 0 aliphatic carbocycles. The van der Waals surface area contributed by atoms with Gasteiger partial charge < -0.3 is 10.6 Å². The fraction of sp³-hybridized carbons (Fsp3) is 0.227. The number of aliphatic imine (C=N–C) groups is 1. The number of rotatable bonds is 7. The molecule has 2 N–H and O–H groups in total. The Labute approximate surface area is 161 Å². The van der Waals surface area contributed by atoms with Gasteiger partial charge in [-0.1, -0.05) is 43.9 Å². The summed E-state index contributed by atoms with van der Waals surface area (Å²) in [4.78, 5) is 15.1. The molecule has 5 nitrogen and oxygen atoms in total. The van der Waals surface area contributed by atoms with Crippen molar-refractivity contribution in [2.24, 2.45) is 4.99 Å². The molecule has 0 bridgehead atoms. The molecule has 140 valence electrons. The lowest BCUT2D eigenvalue weighted by atomic mass is 10.0. The van der Waals surface area contributed by atoms with Crippen LogP contribution in [-0.4, -0.2) is 42.2 Å². The van der Waals surface area contributed by atoms with Crippen LogP contribution in [0.25, 0.3) is 22.5 Å². The zero-order valence-corrected chi connectivity index (χ0v) is 16.5. The highest BCUT2D eigenvalue weighted by Crippen LogP contribution is 2.25. The average molecular weight is 361 g/mol. The minimum Gasteiger partial charge on any atom is -0.383 e. The number of nitrogens with zero attached hydrogens (tertiary/aromatic N) is 4. The van der Waals surface area contributed by atoms with Gasteiger partial charge in [0.25, 0.3) is 0 Å². The SMILES string of the molecule is C=C/C(=C\N(C)C)c1cccc(-c2ncc(/C(C=NC)=C/CC)c(N)n2)c1. The van der Waals surface area contributed by atoms with Crippen molar-refractivity contribution < 1.29 is 0 Å². The Balaban J connectivity index is 2.45. The third-order valence-electron chi connectivity index (χ3n) is 3.89. The second-order valence-corrected chi connectivity index (χ2v) is 6.28. The first-order chi connectivity index (χ1) is 13.0. The van der Waals surface area contributed by atoms with Crippen LogP contribution < -0.4 is 5.73 Å². The fourth-order valence-electron chi connectivity index (χ4n) is 2.71. The highest BCUT2D eigenvalue weighted by Gasteiger charge is 2.10. The highest BCUT2D eigenvalue weighted by molar-refractivity contribution is 6.11. The summed E-state index contributed by atoms with van der Waals surface area (Å²) >= 11 is 0. The molecule has 0 aliphatic heterocycles. The van der Waals surface area contributed by atoms with Crippen molar-refractivity contribution in [3.63, 3.8) is 0 Å². The predicted molar refractivity (Wildman–Crippen MR) is 116 cm³/mol. The van der Waals surface area contributed by atoms with Crippen molar-refractivity contribution >= 4 is 23.2 Å². The molecule has 0 radical (unpaired) electrons. The number of nitrogens with two attached hydrogens (primary N) is 1. The van der Waals surface area contributed by atoms with E-state index in [0.717, 1.165) is 34.3 Å². The minimum atomic E-state index is 0.442. The van der Waals surface area contributed by atoms with Gasteiger partial charge in [-0.15, -0.1) is 0 Å². The molecule has 1 heterocycles. The zero-order valence-electron chi connectivity index (χ0n) is 16.5. The molecule has 0 amide bonds. The Kier molecular flexibility index (Phi) is 7.06. The molecule has 0 spiro atoms. The summed E-state index contributed by atoms with van der Waals surface area (Å²) in [5.74, 6) is 1.04. The fourth-order valence-corrected chi connectivity index (χ4v) is 2.71. The van der Waals surface area contributed by atoms with Crippen LogP contribution in [0.5, 0.6) is 0 Å². The van der Waals surface area contributed by atoms with Crippen molar-refractivity contribution in [3.8, 4) is 11.4 Å². The van der Waals surface area contributed by atoms with Gasteiger partial charge >= 0.3 is 0 Å². The third-order valence-corrected chi connectivity index (χ3v) is 3.89. The first-order valence-corrected chi connectivity index (χ1v) is 8.86. The molecule has 5 heteroatoms. The summed E-state index contributed by atoms with van der Waals surface area (Å²) in [5, 5.41) is 0. The van der Waals surface area contributed by atoms with Crippen LogP contribution in [0.2, 0.25) is 0 Å². The number of hydrogen-bond donors (Lipinski definition) is 1. The average Bonchev–Trinajstić information content (AvgIpc) is 2.66. The lowest BCUT2D eigenvalue weighted by molar-refractivity contribution is 0.566. The van der Waals surface area contributed by atoms with Gasteiger partial charge in [0.2, 0.25) is 0 Å². The summed E-state index contributed by atoms with van der Waals surface area (Å²) in [7, 11) is 5.70. The van der Waals surface area contributed by atoms with E-state index in [4.69, 9.17) is 5.73 Å². The van der Waals surface area contributed by atoms with Crippen molar-refractivity contribution in [1.29, 1.82) is 0 Å². The summed E-state index contributed by atoms with van der Waals surface area (Å²) in [6.07, 6.45) is 10.3. The zero-order chi connectivity index (χ0) is 19.8. The van der Waals surface area contributed by atoms with Gasteiger partial charge in [0, 0.05) is 56.5 Å². The molecule has 0 aliphatic rings. The number of nitrogen functional groups attached to an aromatic ring is 1. The Morgan fingerprint density at radius 2 is 2.07 bits per heavy atom. The van der Waals surface area contributed by atoms with E-state index >= 15 is 0 Å². The monoisotopic (exact) mass is 361 g/mol. The maximum atomic E-state index is 6.22. The molecule has 0 atom stereocenters. The minimum absolute atomic E-state index is 0.442. The van der Waals surface area contributed by atoms with Gasteiger partial charge in [-0.05, 0) is 23.6 Å². The number of hydrogen-bond acceptors (Lipinski definition) is 5. The normalized spacial score (nSPS) is 12.4. The van der Waals surface area contributed by atoms with Gasteiger partial charge in [-0.3, -0.25) is 4.99 Å². The van der Waals surface area contributed by atoms with Crippen LogP contribution in [0, 0.1) is 0 Å². The van der Waals surface area contributed by atoms with Crippen LogP contribution in [0.1, 0.15) is 24.5 Å². The van der Waals surface area contributed by atoms with Crippen LogP contribution in [0.4, 0.5) is 5.82 Å². The van der Waals surface area contributed by atoms with Gasteiger partial charge in [0.05, 0.1) is 0 Å². The van der Waals surface area contributed by atoms with E-state index in [1.165, 1.54) is 0 Å². The Bertz CT molecular complexity index is 891. The van der Waals surface area contributed by atoms with E-state index in [0.29, 0.717) is 11.6 Å². The quantitative estimate of drug-likeness (QED) is 0.589. The van der Waals surface area contributed by atoms with Gasteiger partial charge in [0.15, 0.2) is 5.82 Å². The molecule has 27 heavy (non-hydrogen) atoms. The molecular formula is C22H27N5.